The normalized spacial score (nSPS) is 18.4. The number of fused-ring (bicyclic) bond motifs is 2. The quantitative estimate of drug-likeness (QED) is 0.446. The molecule has 178 valence electrons. The van der Waals surface area contributed by atoms with Gasteiger partial charge in [-0.15, -0.1) is 0 Å². The maximum atomic E-state index is 13.8. The van der Waals surface area contributed by atoms with Crippen LogP contribution < -0.4 is 16.2 Å². The molecule has 3 aliphatic rings. The van der Waals surface area contributed by atoms with E-state index < -0.39 is 12.1 Å². The maximum absolute atomic E-state index is 13.8. The molecule has 2 aliphatic carbocycles. The monoisotopic (exact) mass is 471 g/mol. The van der Waals surface area contributed by atoms with Crippen LogP contribution in [0.1, 0.15) is 48.5 Å². The molecule has 3 aromatic heterocycles. The molecular formula is C26H26FN7O. The van der Waals surface area contributed by atoms with Crippen molar-refractivity contribution in [3.05, 3.63) is 69.8 Å². The van der Waals surface area contributed by atoms with Gasteiger partial charge in [0.15, 0.2) is 11.5 Å². The van der Waals surface area contributed by atoms with Crippen LogP contribution in [0.15, 0.2) is 47.4 Å². The smallest absolute Gasteiger partial charge is 0.278 e. The minimum absolute atomic E-state index is 0.114. The van der Waals surface area contributed by atoms with Crippen molar-refractivity contribution >= 4 is 22.7 Å². The van der Waals surface area contributed by atoms with Gasteiger partial charge in [-0.25, -0.2) is 19.3 Å². The molecule has 8 nitrogen and oxygen atoms in total. The number of anilines is 2. The van der Waals surface area contributed by atoms with Gasteiger partial charge in [-0.05, 0) is 74.0 Å². The number of pyridine rings is 1. The molecule has 9 heteroatoms. The molecule has 2 N–H and O–H groups in total. The maximum Gasteiger partial charge on any atom is 0.278 e. The molecule has 2 saturated carbocycles. The zero-order valence-corrected chi connectivity index (χ0v) is 19.3. The Balaban J connectivity index is 1.33. The van der Waals surface area contributed by atoms with Crippen molar-refractivity contribution in [1.82, 2.24) is 29.6 Å². The van der Waals surface area contributed by atoms with E-state index >= 15 is 0 Å². The third-order valence-corrected chi connectivity index (χ3v) is 7.47. The van der Waals surface area contributed by atoms with Crippen LogP contribution in [-0.2, 0) is 18.4 Å². The van der Waals surface area contributed by atoms with Crippen LogP contribution in [0.4, 0.5) is 16.0 Å². The first kappa shape index (κ1) is 20.8. The van der Waals surface area contributed by atoms with Crippen LogP contribution in [0.5, 0.6) is 0 Å². The molecular weight excluding hydrogens is 445 g/mol. The molecule has 0 unspecified atom stereocenters. The first-order chi connectivity index (χ1) is 17.1. The fourth-order valence-electron chi connectivity index (χ4n) is 5.06. The summed E-state index contributed by atoms with van der Waals surface area (Å²) in [5, 5.41) is 7.16. The van der Waals surface area contributed by atoms with Crippen molar-refractivity contribution in [1.29, 1.82) is 0 Å². The molecule has 1 aromatic carbocycles. The standard InChI is InChI=1S/C26H26FN7O/c27-15-26(9-10-26)21-2-1-3-22(31-21)34-23-20(24(35)33(34)19-6-7-19)14-29-25(32-23)30-18-5-4-16-8-11-28-13-17(16)12-18/h1-5,12,14,19,28H,6-11,13,15H2,(H,29,30,32). The molecule has 0 spiro atoms. The summed E-state index contributed by atoms with van der Waals surface area (Å²) in [7, 11) is 0. The van der Waals surface area contributed by atoms with E-state index in [9.17, 15) is 9.18 Å². The van der Waals surface area contributed by atoms with Crippen molar-refractivity contribution in [3.8, 4) is 5.82 Å². The lowest BCUT2D eigenvalue weighted by Crippen LogP contribution is -2.23. The van der Waals surface area contributed by atoms with Gasteiger partial charge in [0.2, 0.25) is 5.95 Å². The summed E-state index contributed by atoms with van der Waals surface area (Å²) in [5.41, 5.74) is 4.18. The highest BCUT2D eigenvalue weighted by Crippen LogP contribution is 2.47. The van der Waals surface area contributed by atoms with E-state index in [2.05, 4.69) is 27.8 Å². The number of alkyl halides is 1. The van der Waals surface area contributed by atoms with E-state index in [-0.39, 0.29) is 11.6 Å². The number of hydrogen-bond donors (Lipinski definition) is 2. The lowest BCUT2D eigenvalue weighted by molar-refractivity contribution is 0.411. The average molecular weight is 472 g/mol. The van der Waals surface area contributed by atoms with Gasteiger partial charge in [-0.1, -0.05) is 12.1 Å². The topological polar surface area (TPSA) is 89.7 Å². The van der Waals surface area contributed by atoms with Gasteiger partial charge in [-0.2, -0.15) is 4.98 Å². The molecule has 0 bridgehead atoms. The lowest BCUT2D eigenvalue weighted by atomic mass is 10.0. The van der Waals surface area contributed by atoms with Crippen molar-refractivity contribution in [2.24, 2.45) is 0 Å². The number of nitrogens with one attached hydrogen (secondary N) is 2. The molecule has 7 rings (SSSR count). The summed E-state index contributed by atoms with van der Waals surface area (Å²) in [6.45, 7) is 1.42. The first-order valence-corrected chi connectivity index (χ1v) is 12.3. The Morgan fingerprint density at radius 3 is 2.83 bits per heavy atom. The van der Waals surface area contributed by atoms with E-state index in [4.69, 9.17) is 9.97 Å². The lowest BCUT2D eigenvalue weighted by Gasteiger charge is -2.18. The Morgan fingerprint density at radius 1 is 1.14 bits per heavy atom. The highest BCUT2D eigenvalue weighted by molar-refractivity contribution is 5.77. The van der Waals surface area contributed by atoms with Gasteiger partial charge in [0, 0.05) is 23.8 Å². The van der Waals surface area contributed by atoms with Crippen LogP contribution >= 0.6 is 0 Å². The zero-order valence-electron chi connectivity index (χ0n) is 19.3. The Hall–Kier alpha value is -3.59. The summed E-state index contributed by atoms with van der Waals surface area (Å²) in [5.74, 6) is 1.01. The molecule has 2 fully saturated rings. The second kappa shape index (κ2) is 7.71. The fraction of sp³-hybridized carbons (Fsp3) is 0.385. The highest BCUT2D eigenvalue weighted by Gasteiger charge is 2.46. The van der Waals surface area contributed by atoms with Crippen LogP contribution in [0, 0.1) is 0 Å². The molecule has 4 aromatic rings. The Labute approximate surface area is 201 Å². The van der Waals surface area contributed by atoms with Gasteiger partial charge in [0.05, 0.1) is 11.7 Å². The Morgan fingerprint density at radius 2 is 2.03 bits per heavy atom. The van der Waals surface area contributed by atoms with Crippen LogP contribution in [0.25, 0.3) is 16.9 Å². The predicted molar refractivity (Wildman–Crippen MR) is 131 cm³/mol. The van der Waals surface area contributed by atoms with Crippen molar-refractivity contribution in [2.75, 3.05) is 18.5 Å². The van der Waals surface area contributed by atoms with Gasteiger partial charge < -0.3 is 10.6 Å². The minimum Gasteiger partial charge on any atom is -0.324 e. The molecule has 4 heterocycles. The van der Waals surface area contributed by atoms with E-state index in [0.717, 1.165) is 56.6 Å². The molecule has 35 heavy (non-hydrogen) atoms. The van der Waals surface area contributed by atoms with Crippen molar-refractivity contribution < 1.29 is 4.39 Å². The SMILES string of the molecule is O=c1c2cnc(Nc3ccc4c(c3)CNCC4)nc2n(-c2cccc(C3(CF)CC3)n2)n1C1CC1. The number of halogens is 1. The third kappa shape index (κ3) is 3.44. The predicted octanol–water partition coefficient (Wildman–Crippen LogP) is 3.70. The summed E-state index contributed by atoms with van der Waals surface area (Å²) in [4.78, 5) is 27.4. The minimum atomic E-state index is -0.479. The fourth-order valence-corrected chi connectivity index (χ4v) is 5.06. The highest BCUT2D eigenvalue weighted by atomic mass is 19.1. The van der Waals surface area contributed by atoms with E-state index in [0.29, 0.717) is 22.8 Å². The molecule has 0 amide bonds. The van der Waals surface area contributed by atoms with Crippen LogP contribution in [0.3, 0.4) is 0 Å². The molecule has 1 aliphatic heterocycles. The van der Waals surface area contributed by atoms with Gasteiger partial charge in [0.25, 0.3) is 5.56 Å². The number of aromatic nitrogens is 5. The molecule has 0 saturated heterocycles. The van der Waals surface area contributed by atoms with Gasteiger partial charge in [0.1, 0.15) is 12.1 Å². The summed E-state index contributed by atoms with van der Waals surface area (Å²) >= 11 is 0. The van der Waals surface area contributed by atoms with Crippen LogP contribution in [0.2, 0.25) is 0 Å². The van der Waals surface area contributed by atoms with Crippen molar-refractivity contribution in [3.63, 3.8) is 0 Å². The molecule has 0 radical (unpaired) electrons. The number of rotatable bonds is 6. The van der Waals surface area contributed by atoms with Gasteiger partial charge >= 0.3 is 0 Å². The average Bonchev–Trinajstić information content (AvgIpc) is 3.82. The van der Waals surface area contributed by atoms with E-state index in [1.165, 1.54) is 11.1 Å². The Bertz CT molecular complexity index is 1520. The summed E-state index contributed by atoms with van der Waals surface area (Å²) < 4.78 is 17.3. The zero-order chi connectivity index (χ0) is 23.6. The largest absolute Gasteiger partial charge is 0.324 e. The number of hydrogen-bond acceptors (Lipinski definition) is 6. The van der Waals surface area contributed by atoms with E-state index in [1.54, 1.807) is 15.6 Å². The molecule has 0 atom stereocenters. The van der Waals surface area contributed by atoms with Gasteiger partial charge in [-0.3, -0.25) is 9.18 Å². The Kier molecular flexibility index (Phi) is 4.57. The van der Waals surface area contributed by atoms with Crippen LogP contribution in [-0.4, -0.2) is 37.5 Å². The second-order valence-electron chi connectivity index (χ2n) is 9.95. The summed E-state index contributed by atoms with van der Waals surface area (Å²) in [6.07, 6.45) is 6.09. The second-order valence-corrected chi connectivity index (χ2v) is 9.95. The number of nitrogens with zero attached hydrogens (tertiary/aromatic N) is 5. The summed E-state index contributed by atoms with van der Waals surface area (Å²) in [6, 6.07) is 12.1. The number of benzene rings is 1. The first-order valence-electron chi connectivity index (χ1n) is 12.3. The van der Waals surface area contributed by atoms with Crippen molar-refractivity contribution in [2.45, 2.75) is 50.1 Å². The third-order valence-electron chi connectivity index (χ3n) is 7.47. The van der Waals surface area contributed by atoms with E-state index in [1.807, 2.05) is 24.3 Å².